The maximum absolute atomic E-state index is 12.0. The lowest BCUT2D eigenvalue weighted by Crippen LogP contribution is -2.40. The smallest absolute Gasteiger partial charge is 0.326 e. The highest BCUT2D eigenvalue weighted by atomic mass is 16.7. The van der Waals surface area contributed by atoms with Gasteiger partial charge in [0.1, 0.15) is 6.04 Å². The monoisotopic (exact) mass is 277 g/mol. The molecule has 2 N–H and O–H groups in total. The first-order valence-electron chi connectivity index (χ1n) is 6.16. The molecule has 6 nitrogen and oxygen atoms in total. The number of ether oxygens (including phenoxy) is 2. The molecule has 6 heteroatoms. The van der Waals surface area contributed by atoms with Gasteiger partial charge >= 0.3 is 5.97 Å². The Morgan fingerprint density at radius 3 is 2.85 bits per heavy atom. The van der Waals surface area contributed by atoms with Crippen molar-refractivity contribution in [1.29, 1.82) is 0 Å². The Hall–Kier alpha value is -2.50. The number of hydrogen-bond acceptors (Lipinski definition) is 4. The number of carboxylic acid groups (broad SMARTS) is 1. The van der Waals surface area contributed by atoms with Crippen LogP contribution in [0.4, 0.5) is 0 Å². The van der Waals surface area contributed by atoms with Crippen LogP contribution in [0.15, 0.2) is 30.4 Å². The zero-order valence-corrected chi connectivity index (χ0v) is 11.0. The summed E-state index contributed by atoms with van der Waals surface area (Å²) in [6.45, 7) is 1.91. The summed E-state index contributed by atoms with van der Waals surface area (Å²) in [6, 6.07) is 3.77. The number of nitrogens with one attached hydrogen (secondary N) is 1. The van der Waals surface area contributed by atoms with Crippen molar-refractivity contribution in [3.8, 4) is 11.5 Å². The first kappa shape index (κ1) is 13.9. The van der Waals surface area contributed by atoms with Gasteiger partial charge in [-0.25, -0.2) is 4.79 Å². The Morgan fingerprint density at radius 1 is 1.40 bits per heavy atom. The molecule has 1 amide bonds. The van der Waals surface area contributed by atoms with Crippen molar-refractivity contribution in [2.24, 2.45) is 0 Å². The molecule has 106 valence electrons. The molecular weight excluding hydrogens is 262 g/mol. The van der Waals surface area contributed by atoms with E-state index < -0.39 is 17.9 Å². The molecule has 1 aromatic carbocycles. The molecule has 0 aliphatic carbocycles. The molecule has 1 atom stereocenters. The molecule has 0 aromatic heterocycles. The molecule has 1 aliphatic rings. The number of allylic oxidation sites excluding steroid dienone is 1. The zero-order valence-electron chi connectivity index (χ0n) is 11.0. The van der Waals surface area contributed by atoms with E-state index in [1.807, 2.05) is 0 Å². The highest BCUT2D eigenvalue weighted by Crippen LogP contribution is 2.32. The highest BCUT2D eigenvalue weighted by Gasteiger charge is 2.21. The van der Waals surface area contributed by atoms with Crippen LogP contribution in [-0.4, -0.2) is 29.8 Å². The normalized spacial score (nSPS) is 14.2. The molecule has 0 bridgehead atoms. The Bertz CT molecular complexity index is 552. The van der Waals surface area contributed by atoms with Crippen LogP contribution in [0, 0.1) is 0 Å². The predicted molar refractivity (Wildman–Crippen MR) is 70.9 cm³/mol. The summed E-state index contributed by atoms with van der Waals surface area (Å²) >= 11 is 0. The zero-order chi connectivity index (χ0) is 14.5. The van der Waals surface area contributed by atoms with Crippen molar-refractivity contribution in [2.45, 2.75) is 19.4 Å². The van der Waals surface area contributed by atoms with Gasteiger partial charge < -0.3 is 19.9 Å². The minimum atomic E-state index is -1.07. The van der Waals surface area contributed by atoms with Gasteiger partial charge in [-0.1, -0.05) is 12.2 Å². The van der Waals surface area contributed by atoms with Gasteiger partial charge in [0.25, 0.3) is 5.91 Å². The van der Waals surface area contributed by atoms with E-state index in [2.05, 4.69) is 5.32 Å². The van der Waals surface area contributed by atoms with Crippen molar-refractivity contribution in [1.82, 2.24) is 5.32 Å². The summed E-state index contributed by atoms with van der Waals surface area (Å²) in [7, 11) is 0. The second kappa shape index (κ2) is 6.10. The molecule has 1 unspecified atom stereocenters. The fourth-order valence-corrected chi connectivity index (χ4v) is 1.77. The van der Waals surface area contributed by atoms with E-state index in [-0.39, 0.29) is 13.2 Å². The number of fused-ring (bicyclic) bond motifs is 1. The number of carbonyl (C=O) groups is 2. The van der Waals surface area contributed by atoms with Crippen LogP contribution in [0.2, 0.25) is 0 Å². The Kier molecular flexibility index (Phi) is 4.24. The molecule has 2 rings (SSSR count). The highest BCUT2D eigenvalue weighted by molar-refractivity contribution is 5.97. The number of carboxylic acids is 1. The van der Waals surface area contributed by atoms with Crippen molar-refractivity contribution in [3.05, 3.63) is 35.9 Å². The van der Waals surface area contributed by atoms with Gasteiger partial charge in [-0.3, -0.25) is 4.79 Å². The molecule has 0 radical (unpaired) electrons. The predicted octanol–water partition coefficient (Wildman–Crippen LogP) is 1.56. The average molecular weight is 277 g/mol. The fourth-order valence-electron chi connectivity index (χ4n) is 1.77. The topological polar surface area (TPSA) is 84.9 Å². The van der Waals surface area contributed by atoms with Gasteiger partial charge in [-0.2, -0.15) is 0 Å². The summed E-state index contributed by atoms with van der Waals surface area (Å²) < 4.78 is 10.3. The molecule has 1 heterocycles. The van der Waals surface area contributed by atoms with Gasteiger partial charge in [-0.05, 0) is 31.5 Å². The van der Waals surface area contributed by atoms with Gasteiger partial charge in [0.2, 0.25) is 6.79 Å². The molecule has 1 aliphatic heterocycles. The number of carbonyl (C=O) groups excluding carboxylic acids is 1. The van der Waals surface area contributed by atoms with Crippen molar-refractivity contribution in [2.75, 3.05) is 6.79 Å². The lowest BCUT2D eigenvalue weighted by Gasteiger charge is -2.12. The fraction of sp³-hybridized carbons (Fsp3) is 0.286. The third kappa shape index (κ3) is 3.09. The Balaban J connectivity index is 2.08. The second-order valence-electron chi connectivity index (χ2n) is 4.24. The maximum Gasteiger partial charge on any atom is 0.326 e. The van der Waals surface area contributed by atoms with E-state index in [0.29, 0.717) is 17.1 Å². The number of amides is 1. The summed E-state index contributed by atoms with van der Waals surface area (Å²) in [5.74, 6) is -0.472. The largest absolute Gasteiger partial charge is 0.480 e. The van der Waals surface area contributed by atoms with Crippen molar-refractivity contribution in [3.63, 3.8) is 0 Å². The summed E-state index contributed by atoms with van der Waals surface area (Å²) in [5.41, 5.74) is 0.334. The SMILES string of the molecule is C/C=C/CC(NC(=O)c1ccc2c(c1)OCO2)C(=O)O. The first-order valence-corrected chi connectivity index (χ1v) is 6.16. The lowest BCUT2D eigenvalue weighted by molar-refractivity contribution is -0.139. The van der Waals surface area contributed by atoms with Crippen molar-refractivity contribution < 1.29 is 24.2 Å². The first-order chi connectivity index (χ1) is 9.61. The van der Waals surface area contributed by atoms with Crippen LogP contribution < -0.4 is 14.8 Å². The molecule has 0 spiro atoms. The van der Waals surface area contributed by atoms with Crippen LogP contribution in [0.3, 0.4) is 0 Å². The van der Waals surface area contributed by atoms with E-state index in [1.165, 1.54) is 6.07 Å². The molecule has 20 heavy (non-hydrogen) atoms. The van der Waals surface area contributed by atoms with Crippen LogP contribution >= 0.6 is 0 Å². The molecule has 0 fully saturated rings. The molecule has 0 saturated heterocycles. The van der Waals surface area contributed by atoms with Gasteiger partial charge in [-0.15, -0.1) is 0 Å². The van der Waals surface area contributed by atoms with E-state index >= 15 is 0 Å². The van der Waals surface area contributed by atoms with Crippen LogP contribution in [-0.2, 0) is 4.79 Å². The number of benzene rings is 1. The van der Waals surface area contributed by atoms with Crippen molar-refractivity contribution >= 4 is 11.9 Å². The van der Waals surface area contributed by atoms with Gasteiger partial charge in [0, 0.05) is 5.56 Å². The second-order valence-corrected chi connectivity index (χ2v) is 4.24. The number of rotatable bonds is 5. The minimum absolute atomic E-state index is 0.124. The quantitative estimate of drug-likeness (QED) is 0.798. The summed E-state index contributed by atoms with van der Waals surface area (Å²) in [4.78, 5) is 23.1. The van der Waals surface area contributed by atoms with Crippen LogP contribution in [0.5, 0.6) is 11.5 Å². The van der Waals surface area contributed by atoms with Crippen LogP contribution in [0.1, 0.15) is 23.7 Å². The van der Waals surface area contributed by atoms with Gasteiger partial charge in [0.15, 0.2) is 11.5 Å². The standard InChI is InChI=1S/C14H15NO5/c1-2-3-4-10(14(17)18)15-13(16)9-5-6-11-12(7-9)20-8-19-11/h2-3,5-7,10H,4,8H2,1H3,(H,15,16)(H,17,18)/b3-2+. The van der Waals surface area contributed by atoms with Crippen LogP contribution in [0.25, 0.3) is 0 Å². The van der Waals surface area contributed by atoms with E-state index in [1.54, 1.807) is 31.2 Å². The average Bonchev–Trinajstić information content (AvgIpc) is 2.90. The number of hydrogen-bond donors (Lipinski definition) is 2. The minimum Gasteiger partial charge on any atom is -0.480 e. The molecular formula is C14H15NO5. The summed E-state index contributed by atoms with van der Waals surface area (Å²) in [5, 5.41) is 11.5. The third-order valence-corrected chi connectivity index (χ3v) is 2.85. The molecule has 0 saturated carbocycles. The van der Waals surface area contributed by atoms with E-state index in [0.717, 1.165) is 0 Å². The Labute approximate surface area is 116 Å². The van der Waals surface area contributed by atoms with E-state index in [4.69, 9.17) is 14.6 Å². The lowest BCUT2D eigenvalue weighted by atomic mass is 10.1. The number of aliphatic carboxylic acids is 1. The van der Waals surface area contributed by atoms with Gasteiger partial charge in [0.05, 0.1) is 0 Å². The third-order valence-electron chi connectivity index (χ3n) is 2.85. The summed E-state index contributed by atoms with van der Waals surface area (Å²) in [6.07, 6.45) is 3.67. The molecule has 1 aromatic rings. The Morgan fingerprint density at radius 2 is 2.15 bits per heavy atom. The van der Waals surface area contributed by atoms with E-state index in [9.17, 15) is 9.59 Å². The maximum atomic E-state index is 12.0.